The van der Waals surface area contributed by atoms with Gasteiger partial charge in [0.25, 0.3) is 0 Å². The average molecular weight is 240 g/mol. The van der Waals surface area contributed by atoms with Gasteiger partial charge in [-0.25, -0.2) is 9.37 Å². The van der Waals surface area contributed by atoms with Crippen LogP contribution in [0.5, 0.6) is 0 Å². The average Bonchev–Trinajstić information content (AvgIpc) is 2.82. The summed E-state index contributed by atoms with van der Waals surface area (Å²) in [6, 6.07) is 9.69. The Morgan fingerprint density at radius 1 is 1.22 bits per heavy atom. The van der Waals surface area contributed by atoms with Gasteiger partial charge < -0.3 is 4.40 Å². The van der Waals surface area contributed by atoms with Crippen molar-refractivity contribution in [3.63, 3.8) is 0 Å². The fourth-order valence-corrected chi connectivity index (χ4v) is 1.91. The maximum absolute atomic E-state index is 13.2. The minimum absolute atomic E-state index is 0.305. The fraction of sp³-hybridized carbons (Fsp3) is 0. The highest BCUT2D eigenvalue weighted by atomic mass is 19.1. The molecule has 3 aromatic rings. The number of fused-ring (bicyclic) bond motifs is 1. The third-order valence-electron chi connectivity index (χ3n) is 2.76. The van der Waals surface area contributed by atoms with Crippen molar-refractivity contribution in [1.82, 2.24) is 9.38 Å². The zero-order valence-corrected chi connectivity index (χ0v) is 9.38. The smallest absolute Gasteiger partial charge is 0.153 e. The van der Waals surface area contributed by atoms with Crippen molar-refractivity contribution in [2.75, 3.05) is 0 Å². The quantitative estimate of drug-likeness (QED) is 0.645. The van der Waals surface area contributed by atoms with Crippen LogP contribution in [0.4, 0.5) is 4.39 Å². The van der Waals surface area contributed by atoms with Crippen LogP contribution >= 0.6 is 0 Å². The van der Waals surface area contributed by atoms with E-state index in [-0.39, 0.29) is 5.82 Å². The van der Waals surface area contributed by atoms with E-state index in [9.17, 15) is 9.18 Å². The number of carbonyl (C=O) groups excluding carboxylic acids is 1. The van der Waals surface area contributed by atoms with Crippen molar-refractivity contribution in [3.8, 4) is 11.3 Å². The lowest BCUT2D eigenvalue weighted by atomic mass is 10.2. The Kier molecular flexibility index (Phi) is 2.41. The zero-order chi connectivity index (χ0) is 12.5. The monoisotopic (exact) mass is 240 g/mol. The normalized spacial score (nSPS) is 10.7. The predicted octanol–water partition coefficient (Wildman–Crippen LogP) is 2.95. The standard InChI is InChI=1S/C14H9FN2O/c15-12-5-1-3-10(7-12)13-8-17-6-2-4-11(9-18)14(17)16-13/h1-9H. The van der Waals surface area contributed by atoms with Crippen LogP contribution < -0.4 is 0 Å². The first kappa shape index (κ1) is 10.7. The number of halogens is 1. The first-order valence-corrected chi connectivity index (χ1v) is 5.47. The van der Waals surface area contributed by atoms with Crippen molar-refractivity contribution in [1.29, 1.82) is 0 Å². The van der Waals surface area contributed by atoms with Crippen molar-refractivity contribution < 1.29 is 9.18 Å². The maximum atomic E-state index is 13.2. The van der Waals surface area contributed by atoms with Crippen LogP contribution in [0.2, 0.25) is 0 Å². The second-order valence-electron chi connectivity index (χ2n) is 3.95. The number of nitrogens with zero attached hydrogens (tertiary/aromatic N) is 2. The van der Waals surface area contributed by atoms with Crippen molar-refractivity contribution in [3.05, 3.63) is 60.2 Å². The van der Waals surface area contributed by atoms with Crippen LogP contribution in [0.15, 0.2) is 48.8 Å². The summed E-state index contributed by atoms with van der Waals surface area (Å²) < 4.78 is 14.9. The number of imidazole rings is 1. The highest BCUT2D eigenvalue weighted by molar-refractivity contribution is 5.85. The molecule has 3 rings (SSSR count). The minimum Gasteiger partial charge on any atom is -0.306 e. The third-order valence-corrected chi connectivity index (χ3v) is 2.76. The Balaban J connectivity index is 2.22. The van der Waals surface area contributed by atoms with Gasteiger partial charge in [0.2, 0.25) is 0 Å². The van der Waals surface area contributed by atoms with Gasteiger partial charge in [-0.1, -0.05) is 12.1 Å². The van der Waals surface area contributed by atoms with Crippen molar-refractivity contribution in [2.24, 2.45) is 0 Å². The first-order valence-electron chi connectivity index (χ1n) is 5.47. The molecule has 0 amide bonds. The molecule has 3 nitrogen and oxygen atoms in total. The molecular formula is C14H9FN2O. The lowest BCUT2D eigenvalue weighted by Crippen LogP contribution is -1.88. The molecule has 0 fully saturated rings. The maximum Gasteiger partial charge on any atom is 0.153 e. The molecule has 4 heteroatoms. The molecule has 2 aromatic heterocycles. The van der Waals surface area contributed by atoms with Gasteiger partial charge in [0.05, 0.1) is 11.3 Å². The van der Waals surface area contributed by atoms with Gasteiger partial charge in [-0.2, -0.15) is 0 Å². The molecule has 0 aliphatic rings. The van der Waals surface area contributed by atoms with E-state index in [2.05, 4.69) is 4.98 Å². The highest BCUT2D eigenvalue weighted by Crippen LogP contribution is 2.20. The summed E-state index contributed by atoms with van der Waals surface area (Å²) in [5.74, 6) is -0.305. The van der Waals surface area contributed by atoms with Gasteiger partial charge >= 0.3 is 0 Å². The second-order valence-corrected chi connectivity index (χ2v) is 3.95. The summed E-state index contributed by atoms with van der Waals surface area (Å²) in [6.07, 6.45) is 4.34. The van der Waals surface area contributed by atoms with Crippen LogP contribution in [0.1, 0.15) is 10.4 Å². The summed E-state index contributed by atoms with van der Waals surface area (Å²) in [5.41, 5.74) is 2.42. The molecule has 0 N–H and O–H groups in total. The SMILES string of the molecule is O=Cc1cccn2cc(-c3cccc(F)c3)nc12. The van der Waals surface area contributed by atoms with Gasteiger partial charge in [0, 0.05) is 18.0 Å². The van der Waals surface area contributed by atoms with Gasteiger partial charge in [0.1, 0.15) is 11.5 Å². The molecule has 0 saturated carbocycles. The summed E-state index contributed by atoms with van der Waals surface area (Å²) in [4.78, 5) is 15.3. The second kappa shape index (κ2) is 4.07. The van der Waals surface area contributed by atoms with Gasteiger partial charge in [-0.05, 0) is 24.3 Å². The first-order chi connectivity index (χ1) is 8.78. The van der Waals surface area contributed by atoms with Gasteiger partial charge in [-0.15, -0.1) is 0 Å². The molecule has 0 atom stereocenters. The molecule has 2 heterocycles. The van der Waals surface area contributed by atoms with Crippen LogP contribution in [0.3, 0.4) is 0 Å². The number of carbonyl (C=O) groups is 1. The molecule has 0 aliphatic heterocycles. The number of rotatable bonds is 2. The Morgan fingerprint density at radius 3 is 2.89 bits per heavy atom. The number of hydrogen-bond donors (Lipinski definition) is 0. The number of pyridine rings is 1. The summed E-state index contributed by atoms with van der Waals surface area (Å²) in [5, 5.41) is 0. The largest absolute Gasteiger partial charge is 0.306 e. The Labute approximate surface area is 103 Å². The van der Waals surface area contributed by atoms with Crippen molar-refractivity contribution in [2.45, 2.75) is 0 Å². The molecule has 18 heavy (non-hydrogen) atoms. The summed E-state index contributed by atoms with van der Waals surface area (Å²) in [6.45, 7) is 0. The minimum atomic E-state index is -0.305. The zero-order valence-electron chi connectivity index (χ0n) is 9.38. The molecule has 0 bridgehead atoms. The Bertz CT molecular complexity index is 733. The highest BCUT2D eigenvalue weighted by Gasteiger charge is 2.07. The number of hydrogen-bond acceptors (Lipinski definition) is 2. The van der Waals surface area contributed by atoms with Crippen LogP contribution in [-0.4, -0.2) is 15.7 Å². The molecule has 1 aromatic carbocycles. The molecule has 0 aliphatic carbocycles. The number of aromatic nitrogens is 2. The molecule has 0 saturated heterocycles. The van der Waals surface area contributed by atoms with E-state index in [0.29, 0.717) is 22.5 Å². The Hall–Kier alpha value is -2.49. The van der Waals surface area contributed by atoms with E-state index >= 15 is 0 Å². The Morgan fingerprint density at radius 2 is 2.11 bits per heavy atom. The molecule has 88 valence electrons. The van der Waals surface area contributed by atoms with Crippen LogP contribution in [0, 0.1) is 5.82 Å². The van der Waals surface area contributed by atoms with Crippen molar-refractivity contribution >= 4 is 11.9 Å². The summed E-state index contributed by atoms with van der Waals surface area (Å²) >= 11 is 0. The number of aldehydes is 1. The van der Waals surface area contributed by atoms with E-state index in [1.165, 1.54) is 12.1 Å². The van der Waals surface area contributed by atoms with E-state index in [4.69, 9.17) is 0 Å². The van der Waals surface area contributed by atoms with Crippen LogP contribution in [0.25, 0.3) is 16.9 Å². The molecule has 0 unspecified atom stereocenters. The van der Waals surface area contributed by atoms with E-state index in [1.807, 2.05) is 0 Å². The molecular weight excluding hydrogens is 231 g/mol. The number of benzene rings is 1. The molecule has 0 spiro atoms. The molecule has 0 radical (unpaired) electrons. The third kappa shape index (κ3) is 1.68. The van der Waals surface area contributed by atoms with Gasteiger partial charge in [0.15, 0.2) is 6.29 Å². The lowest BCUT2D eigenvalue weighted by Gasteiger charge is -1.94. The lowest BCUT2D eigenvalue weighted by molar-refractivity contribution is 0.112. The van der Waals surface area contributed by atoms with Gasteiger partial charge in [-0.3, -0.25) is 4.79 Å². The topological polar surface area (TPSA) is 34.4 Å². The predicted molar refractivity (Wildman–Crippen MR) is 66.0 cm³/mol. The fourth-order valence-electron chi connectivity index (χ4n) is 1.91. The van der Waals surface area contributed by atoms with E-state index in [1.54, 1.807) is 41.1 Å². The van der Waals surface area contributed by atoms with E-state index < -0.39 is 0 Å². The van der Waals surface area contributed by atoms with Crippen LogP contribution in [-0.2, 0) is 0 Å². The summed E-state index contributed by atoms with van der Waals surface area (Å²) in [7, 11) is 0. The van der Waals surface area contributed by atoms with E-state index in [0.717, 1.165) is 6.29 Å².